The lowest BCUT2D eigenvalue weighted by Gasteiger charge is -2.08. The van der Waals surface area contributed by atoms with E-state index in [4.69, 9.17) is 4.42 Å². The highest BCUT2D eigenvalue weighted by atomic mass is 32.2. The van der Waals surface area contributed by atoms with Crippen molar-refractivity contribution in [3.8, 4) is 11.5 Å². The molecular weight excluding hydrogens is 344 g/mol. The summed E-state index contributed by atoms with van der Waals surface area (Å²) in [6.45, 7) is 6.16. The Hall–Kier alpha value is -2.40. The molecule has 134 valence electrons. The number of benzene rings is 2. The molecule has 3 aromatic rings. The lowest BCUT2D eigenvalue weighted by atomic mass is 9.98. The van der Waals surface area contributed by atoms with Crippen LogP contribution in [-0.2, 0) is 12.8 Å². The Kier molecular flexibility index (Phi) is 5.89. The fraction of sp³-hybridized carbons (Fsp3) is 0.286. The first-order valence-electron chi connectivity index (χ1n) is 8.79. The molecular formula is C21H22N2O2S. The molecule has 5 heteroatoms. The highest BCUT2D eigenvalue weighted by Crippen LogP contribution is 2.26. The van der Waals surface area contributed by atoms with E-state index >= 15 is 0 Å². The van der Waals surface area contributed by atoms with Gasteiger partial charge in [0, 0.05) is 11.1 Å². The summed E-state index contributed by atoms with van der Waals surface area (Å²) in [5.41, 5.74) is 5.06. The second kappa shape index (κ2) is 8.32. The van der Waals surface area contributed by atoms with Crippen molar-refractivity contribution in [3.05, 3.63) is 64.7 Å². The van der Waals surface area contributed by atoms with Crippen molar-refractivity contribution in [1.82, 2.24) is 10.2 Å². The molecule has 0 aliphatic carbocycles. The van der Waals surface area contributed by atoms with Gasteiger partial charge in [0.25, 0.3) is 5.22 Å². The molecule has 2 aromatic carbocycles. The van der Waals surface area contributed by atoms with Gasteiger partial charge in [-0.1, -0.05) is 55.9 Å². The van der Waals surface area contributed by atoms with E-state index < -0.39 is 0 Å². The molecule has 0 aliphatic heterocycles. The minimum Gasteiger partial charge on any atom is -0.411 e. The predicted octanol–water partition coefficient (Wildman–Crippen LogP) is 5.14. The van der Waals surface area contributed by atoms with Crippen LogP contribution in [0, 0.1) is 6.92 Å². The Balaban J connectivity index is 1.72. The van der Waals surface area contributed by atoms with Crippen LogP contribution in [0.4, 0.5) is 0 Å². The van der Waals surface area contributed by atoms with Crippen LogP contribution in [0.15, 0.2) is 52.1 Å². The van der Waals surface area contributed by atoms with Crippen LogP contribution in [-0.4, -0.2) is 21.7 Å². The average Bonchev–Trinajstić information content (AvgIpc) is 3.14. The van der Waals surface area contributed by atoms with E-state index in [2.05, 4.69) is 36.2 Å². The maximum absolute atomic E-state index is 12.7. The van der Waals surface area contributed by atoms with E-state index in [1.807, 2.05) is 37.3 Å². The lowest BCUT2D eigenvalue weighted by molar-refractivity contribution is 0.102. The van der Waals surface area contributed by atoms with Gasteiger partial charge in [-0.2, -0.15) is 0 Å². The monoisotopic (exact) mass is 366 g/mol. The van der Waals surface area contributed by atoms with Crippen molar-refractivity contribution < 1.29 is 9.21 Å². The van der Waals surface area contributed by atoms with E-state index in [0.717, 1.165) is 35.1 Å². The van der Waals surface area contributed by atoms with Crippen molar-refractivity contribution in [1.29, 1.82) is 0 Å². The summed E-state index contributed by atoms with van der Waals surface area (Å²) in [5, 5.41) is 8.60. The second-order valence-electron chi connectivity index (χ2n) is 6.10. The number of aromatic nitrogens is 2. The van der Waals surface area contributed by atoms with Crippen molar-refractivity contribution in [3.63, 3.8) is 0 Å². The van der Waals surface area contributed by atoms with Crippen molar-refractivity contribution in [2.24, 2.45) is 0 Å². The molecule has 0 bridgehead atoms. The van der Waals surface area contributed by atoms with E-state index in [9.17, 15) is 4.79 Å². The normalized spacial score (nSPS) is 10.9. The largest absolute Gasteiger partial charge is 0.411 e. The molecule has 0 saturated heterocycles. The molecule has 0 spiro atoms. The standard InChI is InChI=1S/C21H22N2O2S/c1-4-15-10-11-16(5-2)18(12-15)19(24)13-26-21-23-22-20(25-21)17-9-7-6-8-14(17)3/h6-12H,4-5,13H2,1-3H3. The molecule has 0 aliphatic rings. The molecule has 0 radical (unpaired) electrons. The quantitative estimate of drug-likeness (QED) is 0.428. The fourth-order valence-electron chi connectivity index (χ4n) is 2.81. The summed E-state index contributed by atoms with van der Waals surface area (Å²) in [6.07, 6.45) is 1.76. The summed E-state index contributed by atoms with van der Waals surface area (Å²) >= 11 is 1.29. The summed E-state index contributed by atoms with van der Waals surface area (Å²) < 4.78 is 5.73. The fourth-order valence-corrected chi connectivity index (χ4v) is 3.45. The Bertz CT molecular complexity index is 918. The van der Waals surface area contributed by atoms with Crippen LogP contribution < -0.4 is 0 Å². The molecule has 0 atom stereocenters. The number of hydrogen-bond acceptors (Lipinski definition) is 5. The lowest BCUT2D eigenvalue weighted by Crippen LogP contribution is -2.07. The Morgan fingerprint density at radius 1 is 1.08 bits per heavy atom. The third kappa shape index (κ3) is 4.05. The number of aryl methyl sites for hydroxylation is 3. The zero-order valence-corrected chi connectivity index (χ0v) is 16.1. The van der Waals surface area contributed by atoms with Crippen molar-refractivity contribution in [2.45, 2.75) is 38.8 Å². The number of rotatable bonds is 7. The molecule has 0 N–H and O–H groups in total. The summed E-state index contributed by atoms with van der Waals surface area (Å²) in [4.78, 5) is 12.7. The number of carbonyl (C=O) groups is 1. The van der Waals surface area contributed by atoms with Crippen LogP contribution >= 0.6 is 11.8 Å². The average molecular weight is 366 g/mol. The number of thioether (sulfide) groups is 1. The topological polar surface area (TPSA) is 56.0 Å². The van der Waals surface area contributed by atoms with Gasteiger partial charge in [-0.3, -0.25) is 4.79 Å². The maximum Gasteiger partial charge on any atom is 0.277 e. The van der Waals surface area contributed by atoms with Gasteiger partial charge in [0.05, 0.1) is 5.75 Å². The van der Waals surface area contributed by atoms with E-state index in [1.54, 1.807) is 0 Å². The zero-order chi connectivity index (χ0) is 18.5. The number of hydrogen-bond donors (Lipinski definition) is 0. The van der Waals surface area contributed by atoms with Gasteiger partial charge in [-0.05, 0) is 48.6 Å². The van der Waals surface area contributed by atoms with Crippen LogP contribution in [0.1, 0.15) is 40.9 Å². The zero-order valence-electron chi connectivity index (χ0n) is 15.3. The molecule has 4 nitrogen and oxygen atoms in total. The molecule has 1 aromatic heterocycles. The Labute approximate surface area is 158 Å². The molecule has 3 rings (SSSR count). The predicted molar refractivity (Wildman–Crippen MR) is 105 cm³/mol. The van der Waals surface area contributed by atoms with E-state index in [1.165, 1.54) is 17.3 Å². The van der Waals surface area contributed by atoms with Gasteiger partial charge in [-0.25, -0.2) is 0 Å². The SMILES string of the molecule is CCc1ccc(CC)c(C(=O)CSc2nnc(-c3ccccc3C)o2)c1. The minimum absolute atomic E-state index is 0.0952. The minimum atomic E-state index is 0.0952. The molecule has 0 fully saturated rings. The number of Topliss-reactive ketones (excluding diaryl/α,β-unsaturated/α-hetero) is 1. The third-order valence-corrected chi connectivity index (χ3v) is 5.19. The van der Waals surface area contributed by atoms with Crippen molar-refractivity contribution >= 4 is 17.5 Å². The highest BCUT2D eigenvalue weighted by molar-refractivity contribution is 7.99. The Morgan fingerprint density at radius 2 is 1.88 bits per heavy atom. The smallest absolute Gasteiger partial charge is 0.277 e. The van der Waals surface area contributed by atoms with E-state index in [-0.39, 0.29) is 11.5 Å². The van der Waals surface area contributed by atoms with Crippen LogP contribution in [0.3, 0.4) is 0 Å². The third-order valence-electron chi connectivity index (χ3n) is 4.37. The first-order chi connectivity index (χ1) is 12.6. The van der Waals surface area contributed by atoms with Gasteiger partial charge in [0.2, 0.25) is 5.89 Å². The summed E-state index contributed by atoms with van der Waals surface area (Å²) in [6, 6.07) is 14.0. The van der Waals surface area contributed by atoms with Gasteiger partial charge >= 0.3 is 0 Å². The summed E-state index contributed by atoms with van der Waals surface area (Å²) in [5.74, 6) is 0.869. The summed E-state index contributed by atoms with van der Waals surface area (Å²) in [7, 11) is 0. The van der Waals surface area contributed by atoms with E-state index in [0.29, 0.717) is 11.1 Å². The molecule has 0 unspecified atom stereocenters. The number of nitrogens with zero attached hydrogens (tertiary/aromatic N) is 2. The number of carbonyl (C=O) groups excluding carboxylic acids is 1. The molecule has 0 saturated carbocycles. The van der Waals surface area contributed by atoms with Crippen molar-refractivity contribution in [2.75, 3.05) is 5.75 Å². The Morgan fingerprint density at radius 3 is 2.62 bits per heavy atom. The first kappa shape index (κ1) is 18.4. The molecule has 26 heavy (non-hydrogen) atoms. The van der Waals surface area contributed by atoms with Gasteiger partial charge < -0.3 is 4.42 Å². The van der Waals surface area contributed by atoms with Crippen LogP contribution in [0.5, 0.6) is 0 Å². The van der Waals surface area contributed by atoms with Gasteiger partial charge in [-0.15, -0.1) is 10.2 Å². The number of ketones is 1. The molecule has 0 amide bonds. The molecule has 1 heterocycles. The maximum atomic E-state index is 12.7. The first-order valence-corrected chi connectivity index (χ1v) is 9.78. The van der Waals surface area contributed by atoms with Crippen LogP contribution in [0.25, 0.3) is 11.5 Å². The van der Waals surface area contributed by atoms with Gasteiger partial charge in [0.15, 0.2) is 5.78 Å². The van der Waals surface area contributed by atoms with Gasteiger partial charge in [0.1, 0.15) is 0 Å². The highest BCUT2D eigenvalue weighted by Gasteiger charge is 2.15. The van der Waals surface area contributed by atoms with Crippen LogP contribution in [0.2, 0.25) is 0 Å². The second-order valence-corrected chi connectivity index (χ2v) is 7.03.